The van der Waals surface area contributed by atoms with E-state index in [9.17, 15) is 0 Å². The molecule has 2 aromatic carbocycles. The molecule has 0 amide bonds. The fraction of sp³-hybridized carbons (Fsp3) is 0.281. The molecule has 2 saturated heterocycles. The van der Waals surface area contributed by atoms with Crippen LogP contribution in [0.15, 0.2) is 85.1 Å². The molecular formula is C32H33N7. The highest BCUT2D eigenvalue weighted by molar-refractivity contribution is 5.84. The molecule has 0 aliphatic carbocycles. The highest BCUT2D eigenvalue weighted by Crippen LogP contribution is 2.37. The number of nitrogen functional groups attached to an aromatic ring is 1. The first-order chi connectivity index (χ1) is 19.2. The molecule has 5 heterocycles. The van der Waals surface area contributed by atoms with Crippen molar-refractivity contribution in [1.29, 1.82) is 0 Å². The van der Waals surface area contributed by atoms with E-state index in [1.165, 1.54) is 44.5 Å². The monoisotopic (exact) mass is 515 g/mol. The number of aromatic nitrogens is 4. The summed E-state index contributed by atoms with van der Waals surface area (Å²) in [6.45, 7) is 5.66. The highest BCUT2D eigenvalue weighted by Gasteiger charge is 2.38. The van der Waals surface area contributed by atoms with Gasteiger partial charge in [0.1, 0.15) is 11.3 Å². The Balaban J connectivity index is 1.25. The van der Waals surface area contributed by atoms with Crippen molar-refractivity contribution in [2.24, 2.45) is 5.41 Å². The van der Waals surface area contributed by atoms with Crippen LogP contribution >= 0.6 is 0 Å². The lowest BCUT2D eigenvalue weighted by molar-refractivity contribution is 0.199. The minimum Gasteiger partial charge on any atom is -0.383 e. The molecular weight excluding hydrogens is 482 g/mol. The second kappa shape index (κ2) is 9.91. The molecule has 3 N–H and O–H groups in total. The maximum Gasteiger partial charge on any atom is 0.165 e. The van der Waals surface area contributed by atoms with Crippen LogP contribution in [0.3, 0.4) is 0 Å². The molecule has 39 heavy (non-hydrogen) atoms. The Morgan fingerprint density at radius 3 is 2.56 bits per heavy atom. The summed E-state index contributed by atoms with van der Waals surface area (Å²) in [6.07, 6.45) is 5.65. The first-order valence-electron chi connectivity index (χ1n) is 13.9. The Bertz CT molecular complexity index is 1600. The molecule has 0 bridgehead atoms. The number of hydrogen-bond acceptors (Lipinski definition) is 6. The highest BCUT2D eigenvalue weighted by atomic mass is 15.2. The van der Waals surface area contributed by atoms with Crippen molar-refractivity contribution in [1.82, 2.24) is 29.7 Å². The van der Waals surface area contributed by atoms with Gasteiger partial charge in [0.05, 0.1) is 11.3 Å². The lowest BCUT2D eigenvalue weighted by atomic mass is 9.80. The summed E-state index contributed by atoms with van der Waals surface area (Å²) in [7, 11) is 0. The average Bonchev–Trinajstić information content (AvgIpc) is 3.55. The molecule has 7 nitrogen and oxygen atoms in total. The second-order valence-corrected chi connectivity index (χ2v) is 11.0. The topological polar surface area (TPSA) is 84.9 Å². The van der Waals surface area contributed by atoms with E-state index >= 15 is 0 Å². The number of pyridine rings is 2. The van der Waals surface area contributed by atoms with Gasteiger partial charge in [-0.05, 0) is 79.7 Å². The minimum absolute atomic E-state index is 0.453. The van der Waals surface area contributed by atoms with Gasteiger partial charge in [-0.1, -0.05) is 42.5 Å². The van der Waals surface area contributed by atoms with Crippen molar-refractivity contribution >= 4 is 17.0 Å². The molecule has 5 aromatic rings. The minimum atomic E-state index is 0.453. The number of anilines is 1. The van der Waals surface area contributed by atoms with Crippen LogP contribution in [0.2, 0.25) is 0 Å². The van der Waals surface area contributed by atoms with Crippen LogP contribution in [-0.4, -0.2) is 50.6 Å². The summed E-state index contributed by atoms with van der Waals surface area (Å²) >= 11 is 0. The number of piperidine rings is 1. The van der Waals surface area contributed by atoms with Gasteiger partial charge in [-0.25, -0.2) is 15.0 Å². The van der Waals surface area contributed by atoms with Crippen molar-refractivity contribution in [3.63, 3.8) is 0 Å². The third kappa shape index (κ3) is 4.58. The van der Waals surface area contributed by atoms with Crippen molar-refractivity contribution in [2.75, 3.05) is 31.9 Å². The van der Waals surface area contributed by atoms with E-state index in [4.69, 9.17) is 15.7 Å². The fourth-order valence-corrected chi connectivity index (χ4v) is 6.31. The molecule has 2 aliphatic heterocycles. The smallest absolute Gasteiger partial charge is 0.165 e. The van der Waals surface area contributed by atoms with Crippen LogP contribution in [0.4, 0.5) is 5.82 Å². The second-order valence-electron chi connectivity index (χ2n) is 11.0. The first-order valence-corrected chi connectivity index (χ1v) is 13.9. The normalized spacial score (nSPS) is 19.7. The van der Waals surface area contributed by atoms with E-state index in [0.717, 1.165) is 52.6 Å². The van der Waals surface area contributed by atoms with E-state index in [1.807, 2.05) is 42.5 Å². The maximum atomic E-state index is 6.32. The van der Waals surface area contributed by atoms with Crippen molar-refractivity contribution in [3.8, 4) is 28.3 Å². The third-order valence-corrected chi connectivity index (χ3v) is 8.33. The van der Waals surface area contributed by atoms with Gasteiger partial charge in [0.25, 0.3) is 0 Å². The number of likely N-dealkylation sites (tertiary alicyclic amines) is 1. The predicted molar refractivity (Wildman–Crippen MR) is 156 cm³/mol. The Morgan fingerprint density at radius 1 is 0.897 bits per heavy atom. The van der Waals surface area contributed by atoms with Gasteiger partial charge in [0.2, 0.25) is 0 Å². The van der Waals surface area contributed by atoms with E-state index in [0.29, 0.717) is 11.2 Å². The Hall–Kier alpha value is -4.07. The zero-order chi connectivity index (χ0) is 26.2. The molecule has 0 saturated carbocycles. The maximum absolute atomic E-state index is 6.32. The summed E-state index contributed by atoms with van der Waals surface area (Å²) in [4.78, 5) is 17.0. The number of nitrogens with one attached hydrogen (secondary N) is 1. The quantitative estimate of drug-likeness (QED) is 0.330. The van der Waals surface area contributed by atoms with Crippen molar-refractivity contribution < 1.29 is 0 Å². The van der Waals surface area contributed by atoms with E-state index in [2.05, 4.69) is 56.2 Å². The summed E-state index contributed by atoms with van der Waals surface area (Å²) in [5.41, 5.74) is 13.5. The summed E-state index contributed by atoms with van der Waals surface area (Å²) in [5, 5.41) is 3.62. The molecule has 3 aromatic heterocycles. The zero-order valence-corrected chi connectivity index (χ0v) is 22.1. The lowest BCUT2D eigenvalue weighted by Crippen LogP contribution is -2.41. The molecule has 2 fully saturated rings. The molecule has 1 spiro atoms. The summed E-state index contributed by atoms with van der Waals surface area (Å²) in [5.74, 6) is 1.20. The van der Waals surface area contributed by atoms with Gasteiger partial charge < -0.3 is 11.1 Å². The van der Waals surface area contributed by atoms with E-state index in [-0.39, 0.29) is 0 Å². The van der Waals surface area contributed by atoms with Crippen LogP contribution in [0, 0.1) is 5.41 Å². The molecule has 196 valence electrons. The van der Waals surface area contributed by atoms with Gasteiger partial charge in [0, 0.05) is 37.1 Å². The van der Waals surface area contributed by atoms with Gasteiger partial charge in [0.15, 0.2) is 11.5 Å². The summed E-state index contributed by atoms with van der Waals surface area (Å²) < 4.78 is 2.11. The number of benzene rings is 2. The number of nitrogens with two attached hydrogens (primary N) is 1. The SMILES string of the molecule is Nc1ncccc1-c1nc2ccc(-c3ccccc3)nc2n1-c1ccc(CN2CCC3(CCCNC3)C2)cc1. The largest absolute Gasteiger partial charge is 0.383 e. The molecule has 0 radical (unpaired) electrons. The van der Waals surface area contributed by atoms with Gasteiger partial charge in [-0.2, -0.15) is 0 Å². The Morgan fingerprint density at radius 2 is 1.77 bits per heavy atom. The van der Waals surface area contributed by atoms with Gasteiger partial charge in [-0.15, -0.1) is 0 Å². The van der Waals surface area contributed by atoms with Crippen LogP contribution in [0.25, 0.3) is 39.5 Å². The third-order valence-electron chi connectivity index (χ3n) is 8.33. The van der Waals surface area contributed by atoms with Crippen LogP contribution in [-0.2, 0) is 6.54 Å². The van der Waals surface area contributed by atoms with Gasteiger partial charge >= 0.3 is 0 Å². The number of nitrogens with zero attached hydrogens (tertiary/aromatic N) is 5. The Labute approximate surface area is 228 Å². The average molecular weight is 516 g/mol. The molecule has 7 rings (SSSR count). The molecule has 1 atom stereocenters. The number of rotatable bonds is 5. The van der Waals surface area contributed by atoms with Crippen LogP contribution in [0.1, 0.15) is 24.8 Å². The molecule has 7 heteroatoms. The Kier molecular flexibility index (Phi) is 6.10. The zero-order valence-electron chi connectivity index (χ0n) is 22.1. The molecule has 1 unspecified atom stereocenters. The fourth-order valence-electron chi connectivity index (χ4n) is 6.31. The van der Waals surface area contributed by atoms with E-state index < -0.39 is 0 Å². The standard InChI is InChI=1S/C32H33N7/c33-29-26(8-4-18-35-29)30-37-28-14-13-27(24-6-2-1-3-7-24)36-31(28)39(30)25-11-9-23(10-12-25)20-38-19-16-32(22-38)15-5-17-34-21-32/h1-4,6-14,18,34H,5,15-17,19-22H2,(H2,33,35). The van der Waals surface area contributed by atoms with Crippen molar-refractivity contribution in [2.45, 2.75) is 25.8 Å². The summed E-state index contributed by atoms with van der Waals surface area (Å²) in [6, 6.07) is 27.0. The number of imidazole rings is 1. The van der Waals surface area contributed by atoms with E-state index in [1.54, 1.807) is 6.20 Å². The predicted octanol–water partition coefficient (Wildman–Crippen LogP) is 5.31. The molecule has 2 aliphatic rings. The lowest BCUT2D eigenvalue weighted by Gasteiger charge is -2.34. The van der Waals surface area contributed by atoms with Crippen LogP contribution in [0.5, 0.6) is 0 Å². The number of hydrogen-bond donors (Lipinski definition) is 2. The van der Waals surface area contributed by atoms with Gasteiger partial charge in [-0.3, -0.25) is 9.47 Å². The van der Waals surface area contributed by atoms with Crippen LogP contribution < -0.4 is 11.1 Å². The van der Waals surface area contributed by atoms with Crippen molar-refractivity contribution in [3.05, 3.63) is 90.6 Å². The number of fused-ring (bicyclic) bond motifs is 1. The first kappa shape index (κ1) is 24.0.